The molecule has 0 spiro atoms. The quantitative estimate of drug-likeness (QED) is 0.413. The maximum Gasteiger partial charge on any atom is 0.191 e. The predicted octanol–water partition coefficient (Wildman–Crippen LogP) is 5.87. The van der Waals surface area contributed by atoms with Crippen LogP contribution in [0.2, 0.25) is 0 Å². The largest absolute Gasteiger partial charge is 0.365 e. The van der Waals surface area contributed by atoms with E-state index in [0.29, 0.717) is 5.11 Å². The zero-order valence-electron chi connectivity index (χ0n) is 16.9. The molecule has 0 bridgehead atoms. The first-order valence-electron chi connectivity index (χ1n) is 10.1. The van der Waals surface area contributed by atoms with Gasteiger partial charge in [0.2, 0.25) is 0 Å². The van der Waals surface area contributed by atoms with Gasteiger partial charge in [-0.05, 0) is 35.5 Å². The molecule has 4 nitrogen and oxygen atoms in total. The number of thiocarbonyl (C=S) groups is 1. The van der Waals surface area contributed by atoms with Crippen molar-refractivity contribution in [1.29, 1.82) is 0 Å². The van der Waals surface area contributed by atoms with E-state index in [9.17, 15) is 0 Å². The van der Waals surface area contributed by atoms with Crippen molar-refractivity contribution in [1.82, 2.24) is 5.43 Å². The molecule has 1 heterocycles. The zero-order chi connectivity index (χ0) is 20.8. The molecule has 0 unspecified atom stereocenters. The van der Waals surface area contributed by atoms with E-state index in [-0.39, 0.29) is 18.1 Å². The second-order valence-electron chi connectivity index (χ2n) is 7.39. The van der Waals surface area contributed by atoms with Crippen LogP contribution in [0, 0.1) is 5.92 Å². The number of nitrogens with zero attached hydrogens (tertiary/aromatic N) is 1. The fraction of sp³-hybridized carbons (Fsp3) is 0.200. The average molecular weight is 416 g/mol. The van der Waals surface area contributed by atoms with E-state index in [0.717, 1.165) is 28.9 Å². The Balaban J connectivity index is 1.55. The third-order valence-corrected chi connectivity index (χ3v) is 5.51. The van der Waals surface area contributed by atoms with Crippen LogP contribution in [0.25, 0.3) is 0 Å². The molecule has 3 atom stereocenters. The first-order chi connectivity index (χ1) is 14.7. The van der Waals surface area contributed by atoms with Crippen LogP contribution in [0.4, 0.5) is 5.69 Å². The van der Waals surface area contributed by atoms with Crippen LogP contribution in [-0.2, 0) is 4.74 Å². The van der Waals surface area contributed by atoms with Crippen LogP contribution in [0.15, 0.2) is 96.1 Å². The molecule has 3 aromatic rings. The maximum absolute atomic E-state index is 6.55. The van der Waals surface area contributed by atoms with Gasteiger partial charge in [-0.2, -0.15) is 5.10 Å². The van der Waals surface area contributed by atoms with Gasteiger partial charge in [0.1, 0.15) is 0 Å². The summed E-state index contributed by atoms with van der Waals surface area (Å²) in [5.41, 5.74) is 7.31. The second-order valence-corrected chi connectivity index (χ2v) is 7.80. The molecule has 1 saturated heterocycles. The van der Waals surface area contributed by atoms with Crippen molar-refractivity contribution in [2.75, 3.05) is 5.32 Å². The van der Waals surface area contributed by atoms with Crippen molar-refractivity contribution < 1.29 is 4.74 Å². The minimum Gasteiger partial charge on any atom is -0.365 e. The predicted molar refractivity (Wildman–Crippen MR) is 126 cm³/mol. The van der Waals surface area contributed by atoms with Gasteiger partial charge in [-0.1, -0.05) is 85.8 Å². The standard InChI is InChI=1S/C25H25N3OS/c1-18-22(27-28-25(30)26-21-15-9-4-10-16-21)17-23(19-11-5-2-6-12-19)29-24(18)20-13-7-3-8-14-20/h2-16,18,23-24H,17H2,1H3,(H2,26,28,30)/b27-22+/t18-,23+,24-/m1/s1. The summed E-state index contributed by atoms with van der Waals surface area (Å²) in [4.78, 5) is 0. The second kappa shape index (κ2) is 9.65. The number of hydrogen-bond donors (Lipinski definition) is 2. The van der Waals surface area contributed by atoms with Gasteiger partial charge in [-0.3, -0.25) is 5.43 Å². The highest BCUT2D eigenvalue weighted by Crippen LogP contribution is 2.40. The maximum atomic E-state index is 6.55. The first-order valence-corrected chi connectivity index (χ1v) is 10.6. The van der Waals surface area contributed by atoms with Crippen LogP contribution in [0.1, 0.15) is 36.7 Å². The average Bonchev–Trinajstić information content (AvgIpc) is 2.80. The van der Waals surface area contributed by atoms with Gasteiger partial charge >= 0.3 is 0 Å². The molecular formula is C25H25N3OS. The van der Waals surface area contributed by atoms with E-state index in [4.69, 9.17) is 22.1 Å². The van der Waals surface area contributed by atoms with Gasteiger partial charge in [0.15, 0.2) is 5.11 Å². The molecule has 2 N–H and O–H groups in total. The van der Waals surface area contributed by atoms with Crippen molar-refractivity contribution in [3.63, 3.8) is 0 Å². The van der Waals surface area contributed by atoms with E-state index >= 15 is 0 Å². The summed E-state index contributed by atoms with van der Waals surface area (Å²) in [5.74, 6) is 0.124. The first kappa shape index (κ1) is 20.3. The topological polar surface area (TPSA) is 45.7 Å². The van der Waals surface area contributed by atoms with E-state index in [1.54, 1.807) is 0 Å². The van der Waals surface area contributed by atoms with Crippen molar-refractivity contribution in [3.8, 4) is 0 Å². The van der Waals surface area contributed by atoms with E-state index in [1.807, 2.05) is 66.7 Å². The number of anilines is 1. The van der Waals surface area contributed by atoms with Crippen molar-refractivity contribution in [2.45, 2.75) is 25.6 Å². The Morgan fingerprint density at radius 1 is 0.867 bits per heavy atom. The lowest BCUT2D eigenvalue weighted by Gasteiger charge is -2.36. The number of benzene rings is 3. The highest BCUT2D eigenvalue weighted by atomic mass is 32.1. The van der Waals surface area contributed by atoms with E-state index in [1.165, 1.54) is 0 Å². The smallest absolute Gasteiger partial charge is 0.191 e. The lowest BCUT2D eigenvalue weighted by Crippen LogP contribution is -2.34. The van der Waals surface area contributed by atoms with Gasteiger partial charge in [-0.25, -0.2) is 0 Å². The van der Waals surface area contributed by atoms with Gasteiger partial charge in [0.05, 0.1) is 12.2 Å². The summed E-state index contributed by atoms with van der Waals surface area (Å²) in [6.07, 6.45) is 0.598. The Bertz CT molecular complexity index is 993. The van der Waals surface area contributed by atoms with Gasteiger partial charge < -0.3 is 10.1 Å². The summed E-state index contributed by atoms with van der Waals surface area (Å²) in [7, 11) is 0. The summed E-state index contributed by atoms with van der Waals surface area (Å²) >= 11 is 5.43. The van der Waals surface area contributed by atoms with Crippen molar-refractivity contribution in [3.05, 3.63) is 102 Å². The molecule has 0 amide bonds. The molecule has 5 heteroatoms. The fourth-order valence-electron chi connectivity index (χ4n) is 3.72. The van der Waals surface area contributed by atoms with Gasteiger partial charge in [0, 0.05) is 23.7 Å². The minimum absolute atomic E-state index is 0.0520. The lowest BCUT2D eigenvalue weighted by atomic mass is 9.85. The molecule has 0 aliphatic carbocycles. The SMILES string of the molecule is C[C@@H]1/C(=N/NC(=S)Nc2ccccc2)C[C@@H](c2ccccc2)O[C@H]1c1ccccc1. The number of nitrogens with one attached hydrogen (secondary N) is 2. The third kappa shape index (κ3) is 4.93. The molecule has 0 saturated carbocycles. The van der Waals surface area contributed by atoms with E-state index in [2.05, 4.69) is 41.9 Å². The summed E-state index contributed by atoms with van der Waals surface area (Å²) in [6, 6.07) is 30.5. The Morgan fingerprint density at radius 2 is 1.43 bits per heavy atom. The molecule has 1 fully saturated rings. The molecule has 152 valence electrons. The van der Waals surface area contributed by atoms with Crippen LogP contribution < -0.4 is 10.7 Å². The summed E-state index contributed by atoms with van der Waals surface area (Å²) in [6.45, 7) is 2.16. The monoisotopic (exact) mass is 415 g/mol. The van der Waals surface area contributed by atoms with Gasteiger partial charge in [-0.15, -0.1) is 0 Å². The Labute approximate surface area is 183 Å². The Kier molecular flexibility index (Phi) is 6.52. The van der Waals surface area contributed by atoms with Crippen LogP contribution in [-0.4, -0.2) is 10.8 Å². The summed E-state index contributed by atoms with van der Waals surface area (Å²) < 4.78 is 6.55. The molecule has 0 aromatic heterocycles. The molecule has 4 rings (SSSR count). The van der Waals surface area contributed by atoms with Crippen molar-refractivity contribution >= 4 is 28.7 Å². The minimum atomic E-state index is -0.0682. The third-order valence-electron chi connectivity index (χ3n) is 5.32. The normalized spacial score (nSPS) is 22.4. The number of hydrazone groups is 1. The number of rotatable bonds is 4. The molecular weight excluding hydrogens is 390 g/mol. The van der Waals surface area contributed by atoms with Gasteiger partial charge in [0.25, 0.3) is 0 Å². The van der Waals surface area contributed by atoms with Crippen molar-refractivity contribution in [2.24, 2.45) is 11.0 Å². The highest BCUT2D eigenvalue weighted by molar-refractivity contribution is 7.80. The Morgan fingerprint density at radius 3 is 2.07 bits per heavy atom. The lowest BCUT2D eigenvalue weighted by molar-refractivity contribution is -0.0428. The number of ether oxygens (including phenoxy) is 1. The van der Waals surface area contributed by atoms with Crippen LogP contribution in [0.5, 0.6) is 0 Å². The Hall–Kier alpha value is -3.02. The molecule has 1 aliphatic heterocycles. The fourth-order valence-corrected chi connectivity index (χ4v) is 3.88. The zero-order valence-corrected chi connectivity index (χ0v) is 17.7. The molecule has 1 aliphatic rings. The van der Waals surface area contributed by atoms with Crippen LogP contribution >= 0.6 is 12.2 Å². The highest BCUT2D eigenvalue weighted by Gasteiger charge is 2.35. The summed E-state index contributed by atoms with van der Waals surface area (Å²) in [5, 5.41) is 8.33. The van der Waals surface area contributed by atoms with E-state index < -0.39 is 0 Å². The number of para-hydroxylation sites is 1. The molecule has 0 radical (unpaired) electrons. The van der Waals surface area contributed by atoms with Crippen LogP contribution in [0.3, 0.4) is 0 Å². The number of hydrogen-bond acceptors (Lipinski definition) is 3. The molecule has 3 aromatic carbocycles. The molecule has 30 heavy (non-hydrogen) atoms.